The number of nitrogens with zero attached hydrogens (tertiary/aromatic N) is 6. The summed E-state index contributed by atoms with van der Waals surface area (Å²) in [5.41, 5.74) is 1.15. The maximum Gasteiger partial charge on any atom is 0.237 e. The Kier molecular flexibility index (Phi) is 4.38. The fourth-order valence-electron chi connectivity index (χ4n) is 3.11. The number of fused-ring (bicyclic) bond motifs is 1. The summed E-state index contributed by atoms with van der Waals surface area (Å²) in [6.45, 7) is 6.41. The number of carbonyl (C=O) groups is 1. The SMILES string of the molecule is Cc1nnc2n1[C@@H](C)CN(C(=O)CN(C)Cc1ccncc1)C2. The first-order chi connectivity index (χ1) is 11.0. The van der Waals surface area contributed by atoms with Gasteiger partial charge in [-0.15, -0.1) is 10.2 Å². The smallest absolute Gasteiger partial charge is 0.237 e. The second-order valence-corrected chi connectivity index (χ2v) is 6.18. The highest BCUT2D eigenvalue weighted by Crippen LogP contribution is 2.21. The van der Waals surface area contributed by atoms with Gasteiger partial charge in [-0.3, -0.25) is 14.7 Å². The average molecular weight is 314 g/mol. The molecule has 1 atom stereocenters. The molecule has 1 aliphatic rings. The summed E-state index contributed by atoms with van der Waals surface area (Å²) in [7, 11) is 1.96. The Balaban J connectivity index is 1.61. The normalized spacial score (nSPS) is 17.4. The summed E-state index contributed by atoms with van der Waals surface area (Å²) in [5, 5.41) is 8.30. The second kappa shape index (κ2) is 6.45. The first-order valence-corrected chi connectivity index (χ1v) is 7.80. The van der Waals surface area contributed by atoms with Crippen LogP contribution in [0, 0.1) is 6.92 Å². The molecule has 1 amide bonds. The number of aromatic nitrogens is 4. The molecule has 0 bridgehead atoms. The minimum atomic E-state index is 0.125. The molecular formula is C16H22N6O. The van der Waals surface area contributed by atoms with Crippen LogP contribution in [0.15, 0.2) is 24.5 Å². The lowest BCUT2D eigenvalue weighted by Crippen LogP contribution is -2.44. The Labute approximate surface area is 135 Å². The first-order valence-electron chi connectivity index (χ1n) is 7.80. The fraction of sp³-hybridized carbons (Fsp3) is 0.500. The number of hydrogen-bond donors (Lipinski definition) is 0. The Morgan fingerprint density at radius 2 is 2.09 bits per heavy atom. The highest BCUT2D eigenvalue weighted by molar-refractivity contribution is 5.78. The Morgan fingerprint density at radius 1 is 1.35 bits per heavy atom. The van der Waals surface area contributed by atoms with Gasteiger partial charge in [0, 0.05) is 25.5 Å². The van der Waals surface area contributed by atoms with Crippen LogP contribution in [0.3, 0.4) is 0 Å². The number of pyridine rings is 1. The van der Waals surface area contributed by atoms with E-state index in [0.29, 0.717) is 19.6 Å². The van der Waals surface area contributed by atoms with E-state index in [9.17, 15) is 4.79 Å². The molecule has 2 aromatic rings. The predicted octanol–water partition coefficient (Wildman–Crippen LogP) is 1.02. The van der Waals surface area contributed by atoms with Crippen molar-refractivity contribution >= 4 is 5.91 Å². The highest BCUT2D eigenvalue weighted by atomic mass is 16.2. The Bertz CT molecular complexity index is 683. The molecule has 3 rings (SSSR count). The molecule has 0 fully saturated rings. The van der Waals surface area contributed by atoms with Gasteiger partial charge in [-0.2, -0.15) is 0 Å². The van der Waals surface area contributed by atoms with Gasteiger partial charge in [0.15, 0.2) is 5.82 Å². The monoisotopic (exact) mass is 314 g/mol. The van der Waals surface area contributed by atoms with Crippen LogP contribution in [-0.2, 0) is 17.9 Å². The summed E-state index contributed by atoms with van der Waals surface area (Å²) >= 11 is 0. The van der Waals surface area contributed by atoms with Gasteiger partial charge < -0.3 is 9.47 Å². The molecule has 7 nitrogen and oxygen atoms in total. The van der Waals surface area contributed by atoms with Crippen molar-refractivity contribution in [1.82, 2.24) is 29.5 Å². The average Bonchev–Trinajstić information content (AvgIpc) is 2.90. The number of hydrogen-bond acceptors (Lipinski definition) is 5. The number of rotatable bonds is 4. The summed E-state index contributed by atoms with van der Waals surface area (Å²) in [5.74, 6) is 1.90. The summed E-state index contributed by atoms with van der Waals surface area (Å²) in [6, 6.07) is 4.15. The maximum atomic E-state index is 12.6. The number of likely N-dealkylation sites (N-methyl/N-ethyl adjacent to an activating group) is 1. The van der Waals surface area contributed by atoms with E-state index < -0.39 is 0 Å². The molecule has 0 radical (unpaired) electrons. The molecule has 0 aromatic carbocycles. The van der Waals surface area contributed by atoms with Gasteiger partial charge in [0.2, 0.25) is 5.91 Å². The zero-order valence-electron chi connectivity index (χ0n) is 13.8. The van der Waals surface area contributed by atoms with Crippen molar-refractivity contribution in [2.24, 2.45) is 0 Å². The zero-order chi connectivity index (χ0) is 16.4. The third-order valence-electron chi connectivity index (χ3n) is 4.15. The van der Waals surface area contributed by atoms with Crippen LogP contribution in [-0.4, -0.2) is 55.6 Å². The molecule has 0 aliphatic carbocycles. The predicted molar refractivity (Wildman–Crippen MR) is 85.5 cm³/mol. The molecule has 0 spiro atoms. The quantitative estimate of drug-likeness (QED) is 0.843. The second-order valence-electron chi connectivity index (χ2n) is 6.18. The minimum absolute atomic E-state index is 0.125. The topological polar surface area (TPSA) is 67.2 Å². The summed E-state index contributed by atoms with van der Waals surface area (Å²) < 4.78 is 2.12. The van der Waals surface area contributed by atoms with Gasteiger partial charge in [0.25, 0.3) is 0 Å². The molecule has 3 heterocycles. The van der Waals surface area contributed by atoms with Crippen molar-refractivity contribution in [3.8, 4) is 0 Å². The van der Waals surface area contributed by atoms with Crippen LogP contribution in [0.1, 0.15) is 30.2 Å². The fourth-order valence-corrected chi connectivity index (χ4v) is 3.11. The number of carbonyl (C=O) groups excluding carboxylic acids is 1. The molecule has 0 saturated heterocycles. The number of aryl methyl sites for hydroxylation is 1. The lowest BCUT2D eigenvalue weighted by atomic mass is 10.2. The van der Waals surface area contributed by atoms with Gasteiger partial charge in [0.1, 0.15) is 5.82 Å². The molecule has 0 N–H and O–H groups in total. The van der Waals surface area contributed by atoms with E-state index in [0.717, 1.165) is 23.8 Å². The van der Waals surface area contributed by atoms with Gasteiger partial charge in [-0.05, 0) is 38.6 Å². The first kappa shape index (κ1) is 15.6. The largest absolute Gasteiger partial charge is 0.332 e. The van der Waals surface area contributed by atoms with E-state index >= 15 is 0 Å². The van der Waals surface area contributed by atoms with Crippen molar-refractivity contribution in [2.75, 3.05) is 20.1 Å². The maximum absolute atomic E-state index is 12.6. The molecule has 0 unspecified atom stereocenters. The van der Waals surface area contributed by atoms with Gasteiger partial charge in [0.05, 0.1) is 19.1 Å². The van der Waals surface area contributed by atoms with Crippen LogP contribution in [0.5, 0.6) is 0 Å². The lowest BCUT2D eigenvalue weighted by molar-refractivity contribution is -0.134. The van der Waals surface area contributed by atoms with Crippen molar-refractivity contribution in [2.45, 2.75) is 33.0 Å². The number of amides is 1. The van der Waals surface area contributed by atoms with Crippen molar-refractivity contribution in [3.05, 3.63) is 41.7 Å². The van der Waals surface area contributed by atoms with E-state index in [1.54, 1.807) is 12.4 Å². The standard InChI is InChI=1S/C16H22N6O/c1-12-8-21(10-15-19-18-13(2)22(12)15)16(23)11-20(3)9-14-4-6-17-7-5-14/h4-7,12H,8-11H2,1-3H3/t12-/m0/s1. The van der Waals surface area contributed by atoms with Crippen molar-refractivity contribution in [3.63, 3.8) is 0 Å². The van der Waals surface area contributed by atoms with Gasteiger partial charge in [-0.1, -0.05) is 0 Å². The molecule has 122 valence electrons. The van der Waals surface area contributed by atoms with E-state index in [1.165, 1.54) is 0 Å². The van der Waals surface area contributed by atoms with Crippen LogP contribution >= 0.6 is 0 Å². The molecule has 7 heteroatoms. The third kappa shape index (κ3) is 3.39. The van der Waals surface area contributed by atoms with E-state index in [4.69, 9.17) is 0 Å². The lowest BCUT2D eigenvalue weighted by Gasteiger charge is -2.33. The molecular weight excluding hydrogens is 292 g/mol. The summed E-state index contributed by atoms with van der Waals surface area (Å²) in [4.78, 5) is 20.5. The van der Waals surface area contributed by atoms with Crippen LogP contribution in [0.2, 0.25) is 0 Å². The van der Waals surface area contributed by atoms with Gasteiger partial charge >= 0.3 is 0 Å². The molecule has 1 aliphatic heterocycles. The Morgan fingerprint density at radius 3 is 2.83 bits per heavy atom. The van der Waals surface area contributed by atoms with Crippen LogP contribution < -0.4 is 0 Å². The molecule has 23 heavy (non-hydrogen) atoms. The van der Waals surface area contributed by atoms with Crippen LogP contribution in [0.4, 0.5) is 0 Å². The Hall–Kier alpha value is -2.28. The zero-order valence-corrected chi connectivity index (χ0v) is 13.8. The minimum Gasteiger partial charge on any atom is -0.332 e. The van der Waals surface area contributed by atoms with Gasteiger partial charge in [-0.25, -0.2) is 0 Å². The summed E-state index contributed by atoms with van der Waals surface area (Å²) in [6.07, 6.45) is 3.54. The molecule has 0 saturated carbocycles. The van der Waals surface area contributed by atoms with Crippen molar-refractivity contribution < 1.29 is 4.79 Å². The van der Waals surface area contributed by atoms with E-state index in [2.05, 4.69) is 26.7 Å². The van der Waals surface area contributed by atoms with Crippen molar-refractivity contribution in [1.29, 1.82) is 0 Å². The van der Waals surface area contributed by atoms with E-state index in [1.807, 2.05) is 35.9 Å². The van der Waals surface area contributed by atoms with E-state index in [-0.39, 0.29) is 11.9 Å². The highest BCUT2D eigenvalue weighted by Gasteiger charge is 2.28. The van der Waals surface area contributed by atoms with Crippen LogP contribution in [0.25, 0.3) is 0 Å². The third-order valence-corrected chi connectivity index (χ3v) is 4.15. The molecule has 2 aromatic heterocycles.